The Morgan fingerprint density at radius 3 is 2.43 bits per heavy atom. The average Bonchev–Trinajstić information content (AvgIpc) is 3.20. The van der Waals surface area contributed by atoms with E-state index >= 15 is 0 Å². The number of nitrogens with zero attached hydrogens (tertiary/aromatic N) is 5. The Morgan fingerprint density at radius 1 is 0.867 bits per heavy atom. The zero-order chi connectivity index (χ0) is 20.1. The number of rotatable bonds is 3. The van der Waals surface area contributed by atoms with Gasteiger partial charge in [-0.05, 0) is 50.0 Å². The molecular weight excluding hydrogens is 374 g/mol. The lowest BCUT2D eigenvalue weighted by Crippen LogP contribution is -2.50. The molecule has 6 heterocycles. The third kappa shape index (κ3) is 2.79. The van der Waals surface area contributed by atoms with E-state index in [1.54, 1.807) is 10.7 Å². The minimum absolute atomic E-state index is 0.0183. The molecule has 0 saturated carbocycles. The van der Waals surface area contributed by atoms with E-state index in [0.29, 0.717) is 5.92 Å². The third-order valence-electron chi connectivity index (χ3n) is 6.60. The van der Waals surface area contributed by atoms with E-state index in [2.05, 4.69) is 23.1 Å². The largest absolute Gasteiger partial charge is 0.301 e. The number of piperidine rings is 3. The molecule has 2 bridgehead atoms. The monoisotopic (exact) mass is 397 g/mol. The van der Waals surface area contributed by atoms with Gasteiger partial charge in [0.25, 0.3) is 5.56 Å². The van der Waals surface area contributed by atoms with E-state index in [1.165, 1.54) is 0 Å². The Bertz CT molecular complexity index is 1270. The van der Waals surface area contributed by atoms with Gasteiger partial charge in [-0.3, -0.25) is 4.79 Å². The molecule has 3 fully saturated rings. The van der Waals surface area contributed by atoms with Gasteiger partial charge in [-0.1, -0.05) is 36.4 Å². The number of aromatic nitrogens is 4. The van der Waals surface area contributed by atoms with Gasteiger partial charge in [0, 0.05) is 24.4 Å². The molecule has 0 aliphatic carbocycles. The predicted octanol–water partition coefficient (Wildman–Crippen LogP) is 3.49. The normalized spacial score (nSPS) is 23.1. The maximum absolute atomic E-state index is 12.8. The van der Waals surface area contributed by atoms with E-state index in [1.807, 2.05) is 47.1 Å². The van der Waals surface area contributed by atoms with Crippen molar-refractivity contribution in [2.45, 2.75) is 18.9 Å². The van der Waals surface area contributed by atoms with Crippen LogP contribution in [0.25, 0.3) is 28.0 Å². The second kappa shape index (κ2) is 6.92. The summed E-state index contributed by atoms with van der Waals surface area (Å²) in [5.74, 6) is 0.535. The van der Waals surface area contributed by atoms with Crippen molar-refractivity contribution < 1.29 is 0 Å². The Morgan fingerprint density at radius 2 is 1.67 bits per heavy atom. The zero-order valence-electron chi connectivity index (χ0n) is 16.7. The van der Waals surface area contributed by atoms with Crippen LogP contribution < -0.4 is 5.56 Å². The van der Waals surface area contributed by atoms with Gasteiger partial charge in [-0.25, -0.2) is 9.20 Å². The molecule has 6 heteroatoms. The molecular formula is C24H23N5O. The lowest BCUT2D eigenvalue weighted by molar-refractivity contribution is 0.0490. The van der Waals surface area contributed by atoms with Gasteiger partial charge in [0.05, 0.1) is 22.8 Å². The summed E-state index contributed by atoms with van der Waals surface area (Å²) in [6, 6.07) is 19.9. The number of hydrogen-bond acceptors (Lipinski definition) is 4. The molecule has 4 aromatic rings. The fourth-order valence-electron chi connectivity index (χ4n) is 5.06. The Hall–Kier alpha value is -3.25. The molecule has 1 unspecified atom stereocenters. The topological polar surface area (TPSA) is 55.4 Å². The lowest BCUT2D eigenvalue weighted by atomic mass is 9.84. The number of pyridine rings is 1. The van der Waals surface area contributed by atoms with Crippen LogP contribution in [-0.4, -0.2) is 43.9 Å². The summed E-state index contributed by atoms with van der Waals surface area (Å²) >= 11 is 0. The van der Waals surface area contributed by atoms with Gasteiger partial charge in [0.15, 0.2) is 0 Å². The highest BCUT2D eigenvalue weighted by molar-refractivity contribution is 5.90. The summed E-state index contributed by atoms with van der Waals surface area (Å²) < 4.78 is 3.63. The minimum atomic E-state index is -0.0183. The summed E-state index contributed by atoms with van der Waals surface area (Å²) in [6.07, 6.45) is 4.25. The van der Waals surface area contributed by atoms with Crippen molar-refractivity contribution in [3.8, 4) is 22.5 Å². The lowest BCUT2D eigenvalue weighted by Gasteiger charge is -2.44. The van der Waals surface area contributed by atoms with E-state index < -0.39 is 0 Å². The van der Waals surface area contributed by atoms with Gasteiger partial charge >= 0.3 is 0 Å². The van der Waals surface area contributed by atoms with Crippen LogP contribution >= 0.6 is 0 Å². The minimum Gasteiger partial charge on any atom is -0.301 e. The first kappa shape index (κ1) is 17.6. The first-order chi connectivity index (χ1) is 14.8. The van der Waals surface area contributed by atoms with E-state index in [0.717, 1.165) is 60.5 Å². The average molecular weight is 397 g/mol. The first-order valence-corrected chi connectivity index (χ1v) is 10.6. The van der Waals surface area contributed by atoms with E-state index in [-0.39, 0.29) is 11.6 Å². The molecule has 3 aliphatic heterocycles. The molecule has 0 N–H and O–H groups in total. The second-order valence-corrected chi connectivity index (χ2v) is 8.33. The van der Waals surface area contributed by atoms with Gasteiger partial charge in [-0.15, -0.1) is 0 Å². The maximum atomic E-state index is 12.8. The van der Waals surface area contributed by atoms with E-state index in [4.69, 9.17) is 10.2 Å². The molecule has 3 saturated heterocycles. The second-order valence-electron chi connectivity index (χ2n) is 8.33. The van der Waals surface area contributed by atoms with Crippen molar-refractivity contribution >= 4 is 5.52 Å². The molecule has 30 heavy (non-hydrogen) atoms. The SMILES string of the molecule is O=c1ccc(-c2c(-c3ccccc3)nn3ccccc23)nn1C1CN2CCC1CC2. The standard InChI is InChI=1S/C24H23N5O/c30-22-10-9-19(25-29(22)21-16-27-14-11-17(21)12-15-27)23-20-8-4-5-13-28(20)26-24(23)18-6-2-1-3-7-18/h1-10,13,17,21H,11-12,14-16H2. The number of benzene rings is 1. The van der Waals surface area contributed by atoms with Crippen LogP contribution in [0.2, 0.25) is 0 Å². The Labute approximate surface area is 174 Å². The fraction of sp³-hybridized carbons (Fsp3) is 0.292. The van der Waals surface area contributed by atoms with Gasteiger partial charge < -0.3 is 4.90 Å². The molecule has 0 radical (unpaired) electrons. The van der Waals surface area contributed by atoms with E-state index in [9.17, 15) is 4.79 Å². The van der Waals surface area contributed by atoms with Crippen molar-refractivity contribution in [2.24, 2.45) is 5.92 Å². The summed E-state index contributed by atoms with van der Waals surface area (Å²) in [5.41, 5.74) is 4.66. The zero-order valence-corrected chi connectivity index (χ0v) is 16.7. The van der Waals surface area contributed by atoms with Crippen LogP contribution in [0.5, 0.6) is 0 Å². The molecule has 150 valence electrons. The molecule has 1 aromatic carbocycles. The number of hydrogen-bond donors (Lipinski definition) is 0. The molecule has 6 nitrogen and oxygen atoms in total. The molecule has 0 spiro atoms. The van der Waals surface area contributed by atoms with Crippen LogP contribution in [0.1, 0.15) is 18.9 Å². The van der Waals surface area contributed by atoms with Gasteiger partial charge in [0.1, 0.15) is 5.69 Å². The Kier molecular flexibility index (Phi) is 4.06. The molecule has 0 amide bonds. The van der Waals surface area contributed by atoms with Gasteiger partial charge in [-0.2, -0.15) is 10.2 Å². The van der Waals surface area contributed by atoms with Crippen LogP contribution in [-0.2, 0) is 0 Å². The van der Waals surface area contributed by atoms with Crippen molar-refractivity contribution in [3.63, 3.8) is 0 Å². The molecule has 1 atom stereocenters. The van der Waals surface area contributed by atoms with Crippen molar-refractivity contribution in [3.05, 3.63) is 77.2 Å². The maximum Gasteiger partial charge on any atom is 0.267 e. The first-order valence-electron chi connectivity index (χ1n) is 10.6. The van der Waals surface area contributed by atoms with Crippen molar-refractivity contribution in [1.82, 2.24) is 24.3 Å². The van der Waals surface area contributed by atoms with Crippen molar-refractivity contribution in [2.75, 3.05) is 19.6 Å². The van der Waals surface area contributed by atoms with Crippen LogP contribution in [0.3, 0.4) is 0 Å². The molecule has 7 rings (SSSR count). The highest BCUT2D eigenvalue weighted by Gasteiger charge is 2.36. The highest BCUT2D eigenvalue weighted by atomic mass is 16.1. The quantitative estimate of drug-likeness (QED) is 0.531. The highest BCUT2D eigenvalue weighted by Crippen LogP contribution is 2.36. The molecule has 3 aliphatic rings. The third-order valence-corrected chi connectivity index (χ3v) is 6.60. The summed E-state index contributed by atoms with van der Waals surface area (Å²) in [6.45, 7) is 3.20. The summed E-state index contributed by atoms with van der Waals surface area (Å²) in [4.78, 5) is 15.3. The summed E-state index contributed by atoms with van der Waals surface area (Å²) in [7, 11) is 0. The van der Waals surface area contributed by atoms with Crippen molar-refractivity contribution in [1.29, 1.82) is 0 Å². The number of fused-ring (bicyclic) bond motifs is 4. The van der Waals surface area contributed by atoms with Crippen LogP contribution in [0, 0.1) is 5.92 Å². The Balaban J connectivity index is 1.54. The van der Waals surface area contributed by atoms with Gasteiger partial charge in [0.2, 0.25) is 0 Å². The van der Waals surface area contributed by atoms with Crippen LogP contribution in [0.15, 0.2) is 71.7 Å². The summed E-state index contributed by atoms with van der Waals surface area (Å²) in [5, 5.41) is 9.76. The smallest absolute Gasteiger partial charge is 0.267 e. The predicted molar refractivity (Wildman–Crippen MR) is 116 cm³/mol. The molecule has 3 aromatic heterocycles. The van der Waals surface area contributed by atoms with Crippen LogP contribution in [0.4, 0.5) is 0 Å². The fourth-order valence-corrected chi connectivity index (χ4v) is 5.06.